The normalized spacial score (nSPS) is 14.5. The molecule has 1 amide bonds. The number of nitrogens with zero attached hydrogens (tertiary/aromatic N) is 2. The smallest absolute Gasteiger partial charge is 0.270 e. The standard InChI is InChI=1S/C22H23N3O3/c1-28-21-10-6-5-9-17(21)20(26)14-23-22(27)19-13-18(15-11-12-15)24-25(19)16-7-3-2-4-8-16/h2-10,13,15,20,26H,11-12,14H2,1H3,(H,23,27)/t20-/m0/s1. The molecule has 3 aromatic rings. The van der Waals surface area contributed by atoms with E-state index in [9.17, 15) is 9.90 Å². The van der Waals surface area contributed by atoms with Crippen LogP contribution in [0.15, 0.2) is 60.7 Å². The third-order valence-electron chi connectivity index (χ3n) is 4.91. The van der Waals surface area contributed by atoms with E-state index < -0.39 is 6.10 Å². The van der Waals surface area contributed by atoms with Crippen molar-refractivity contribution in [1.82, 2.24) is 15.1 Å². The Bertz CT molecular complexity index is 964. The quantitative estimate of drug-likeness (QED) is 0.663. The number of nitrogens with one attached hydrogen (secondary N) is 1. The van der Waals surface area contributed by atoms with Crippen LogP contribution in [0.3, 0.4) is 0 Å². The number of carbonyl (C=O) groups is 1. The molecular formula is C22H23N3O3. The maximum absolute atomic E-state index is 12.9. The second-order valence-corrected chi connectivity index (χ2v) is 6.94. The molecule has 4 rings (SSSR count). The molecule has 0 spiro atoms. The highest BCUT2D eigenvalue weighted by Crippen LogP contribution is 2.39. The number of aromatic nitrogens is 2. The van der Waals surface area contributed by atoms with Crippen molar-refractivity contribution < 1.29 is 14.6 Å². The zero-order chi connectivity index (χ0) is 19.5. The molecule has 1 aliphatic carbocycles. The van der Waals surface area contributed by atoms with Crippen LogP contribution < -0.4 is 10.1 Å². The van der Waals surface area contributed by atoms with Gasteiger partial charge in [-0.2, -0.15) is 5.10 Å². The van der Waals surface area contributed by atoms with E-state index >= 15 is 0 Å². The third kappa shape index (κ3) is 3.77. The van der Waals surface area contributed by atoms with Crippen molar-refractivity contribution in [2.75, 3.05) is 13.7 Å². The predicted octanol–water partition coefficient (Wildman–Crippen LogP) is 3.22. The summed E-state index contributed by atoms with van der Waals surface area (Å²) in [4.78, 5) is 12.9. The summed E-state index contributed by atoms with van der Waals surface area (Å²) in [6, 6.07) is 18.7. The fraction of sp³-hybridized carbons (Fsp3) is 0.273. The van der Waals surface area contributed by atoms with E-state index in [2.05, 4.69) is 10.4 Å². The highest BCUT2D eigenvalue weighted by Gasteiger charge is 2.29. The molecule has 28 heavy (non-hydrogen) atoms. The molecule has 6 nitrogen and oxygen atoms in total. The topological polar surface area (TPSA) is 76.4 Å². The van der Waals surface area contributed by atoms with E-state index in [0.29, 0.717) is 22.9 Å². The van der Waals surface area contributed by atoms with E-state index in [-0.39, 0.29) is 12.5 Å². The van der Waals surface area contributed by atoms with E-state index in [0.717, 1.165) is 24.2 Å². The van der Waals surface area contributed by atoms with Gasteiger partial charge in [0.05, 0.1) is 24.6 Å². The van der Waals surface area contributed by atoms with Gasteiger partial charge in [-0.15, -0.1) is 0 Å². The first-order valence-corrected chi connectivity index (χ1v) is 9.42. The molecule has 2 N–H and O–H groups in total. The molecule has 1 atom stereocenters. The van der Waals surface area contributed by atoms with Crippen molar-refractivity contribution in [1.29, 1.82) is 0 Å². The summed E-state index contributed by atoms with van der Waals surface area (Å²) in [7, 11) is 1.56. The number of methoxy groups -OCH3 is 1. The lowest BCUT2D eigenvalue weighted by atomic mass is 10.1. The van der Waals surface area contributed by atoms with Crippen molar-refractivity contribution in [2.24, 2.45) is 0 Å². The Labute approximate surface area is 163 Å². The molecular weight excluding hydrogens is 354 g/mol. The molecule has 6 heteroatoms. The van der Waals surface area contributed by atoms with E-state index in [1.807, 2.05) is 48.5 Å². The number of hydrogen-bond acceptors (Lipinski definition) is 4. The molecule has 0 unspecified atom stereocenters. The fourth-order valence-corrected chi connectivity index (χ4v) is 3.24. The lowest BCUT2D eigenvalue weighted by molar-refractivity contribution is 0.0907. The summed E-state index contributed by atoms with van der Waals surface area (Å²) in [5.41, 5.74) is 2.89. The van der Waals surface area contributed by atoms with E-state index in [4.69, 9.17) is 4.74 Å². The minimum absolute atomic E-state index is 0.0813. The molecule has 1 saturated carbocycles. The van der Waals surface area contributed by atoms with Gasteiger partial charge in [-0.05, 0) is 37.1 Å². The first kappa shape index (κ1) is 18.3. The minimum Gasteiger partial charge on any atom is -0.496 e. The zero-order valence-electron chi connectivity index (χ0n) is 15.7. The molecule has 1 aliphatic rings. The number of benzene rings is 2. The number of carbonyl (C=O) groups excluding carboxylic acids is 1. The van der Waals surface area contributed by atoms with Crippen LogP contribution in [-0.2, 0) is 0 Å². The van der Waals surface area contributed by atoms with Gasteiger partial charge in [-0.3, -0.25) is 4.79 Å². The van der Waals surface area contributed by atoms with Crippen molar-refractivity contribution in [3.8, 4) is 11.4 Å². The van der Waals surface area contributed by atoms with Gasteiger partial charge in [0.2, 0.25) is 0 Å². The number of amides is 1. The monoisotopic (exact) mass is 377 g/mol. The molecule has 2 aromatic carbocycles. The van der Waals surface area contributed by atoms with Crippen LogP contribution in [0.2, 0.25) is 0 Å². The Morgan fingerprint density at radius 1 is 1.21 bits per heavy atom. The van der Waals surface area contributed by atoms with Crippen LogP contribution in [0.4, 0.5) is 0 Å². The highest BCUT2D eigenvalue weighted by atomic mass is 16.5. The van der Waals surface area contributed by atoms with Crippen molar-refractivity contribution in [2.45, 2.75) is 24.9 Å². The van der Waals surface area contributed by atoms with Gasteiger partial charge >= 0.3 is 0 Å². The van der Waals surface area contributed by atoms with Gasteiger partial charge in [-0.25, -0.2) is 4.68 Å². The third-order valence-corrected chi connectivity index (χ3v) is 4.91. The Kier molecular flexibility index (Phi) is 5.12. The van der Waals surface area contributed by atoms with Crippen molar-refractivity contribution in [3.05, 3.63) is 77.6 Å². The molecule has 144 valence electrons. The molecule has 0 saturated heterocycles. The van der Waals surface area contributed by atoms with Crippen LogP contribution in [0.5, 0.6) is 5.75 Å². The summed E-state index contributed by atoms with van der Waals surface area (Å²) < 4.78 is 6.96. The van der Waals surface area contributed by atoms with Crippen LogP contribution >= 0.6 is 0 Å². The fourth-order valence-electron chi connectivity index (χ4n) is 3.24. The average Bonchev–Trinajstić information content (AvgIpc) is 3.50. The van der Waals surface area contributed by atoms with Crippen LogP contribution in [0.1, 0.15) is 46.6 Å². The summed E-state index contributed by atoms with van der Waals surface area (Å²) in [6.45, 7) is 0.0813. The number of aliphatic hydroxyl groups excluding tert-OH is 1. The van der Waals surface area contributed by atoms with Crippen LogP contribution in [0, 0.1) is 0 Å². The van der Waals surface area contributed by atoms with Crippen molar-refractivity contribution in [3.63, 3.8) is 0 Å². The minimum atomic E-state index is -0.865. The number of para-hydroxylation sites is 2. The van der Waals surface area contributed by atoms with Gasteiger partial charge in [0.1, 0.15) is 11.4 Å². The summed E-state index contributed by atoms with van der Waals surface area (Å²) in [5.74, 6) is 0.766. The Hall–Kier alpha value is -3.12. The van der Waals surface area contributed by atoms with Crippen molar-refractivity contribution >= 4 is 5.91 Å². The van der Waals surface area contributed by atoms with Gasteiger partial charge in [-0.1, -0.05) is 36.4 Å². The number of ether oxygens (including phenoxy) is 1. The van der Waals surface area contributed by atoms with Crippen LogP contribution in [-0.4, -0.2) is 34.4 Å². The van der Waals surface area contributed by atoms with Gasteiger partial charge in [0.25, 0.3) is 5.91 Å². The maximum Gasteiger partial charge on any atom is 0.270 e. The molecule has 0 aliphatic heterocycles. The number of hydrogen-bond donors (Lipinski definition) is 2. The Balaban J connectivity index is 1.53. The summed E-state index contributed by atoms with van der Waals surface area (Å²) >= 11 is 0. The maximum atomic E-state index is 12.9. The largest absolute Gasteiger partial charge is 0.496 e. The summed E-state index contributed by atoms with van der Waals surface area (Å²) in [6.07, 6.45) is 1.36. The first-order valence-electron chi connectivity index (χ1n) is 9.42. The molecule has 1 heterocycles. The lowest BCUT2D eigenvalue weighted by Gasteiger charge is -2.15. The van der Waals surface area contributed by atoms with Gasteiger partial charge in [0.15, 0.2) is 0 Å². The highest BCUT2D eigenvalue weighted by molar-refractivity contribution is 5.93. The van der Waals surface area contributed by atoms with Gasteiger partial charge < -0.3 is 15.2 Å². The van der Waals surface area contributed by atoms with E-state index in [1.165, 1.54) is 0 Å². The first-order chi connectivity index (χ1) is 13.7. The lowest BCUT2D eigenvalue weighted by Crippen LogP contribution is -2.30. The summed E-state index contributed by atoms with van der Waals surface area (Å²) in [5, 5.41) is 18.0. The number of rotatable bonds is 7. The second-order valence-electron chi connectivity index (χ2n) is 6.94. The van der Waals surface area contributed by atoms with Gasteiger partial charge in [0, 0.05) is 18.0 Å². The molecule has 1 aromatic heterocycles. The predicted molar refractivity (Wildman–Crippen MR) is 106 cm³/mol. The molecule has 1 fully saturated rings. The number of aliphatic hydroxyl groups is 1. The second kappa shape index (κ2) is 7.86. The van der Waals surface area contributed by atoms with Crippen LogP contribution in [0.25, 0.3) is 5.69 Å². The molecule has 0 radical (unpaired) electrons. The average molecular weight is 377 g/mol. The Morgan fingerprint density at radius 2 is 1.93 bits per heavy atom. The molecule has 0 bridgehead atoms. The zero-order valence-corrected chi connectivity index (χ0v) is 15.7. The van der Waals surface area contributed by atoms with E-state index in [1.54, 1.807) is 23.9 Å². The Morgan fingerprint density at radius 3 is 2.64 bits per heavy atom. The SMILES string of the molecule is COc1ccccc1[C@@H](O)CNC(=O)c1cc(C2CC2)nn1-c1ccccc1.